The van der Waals surface area contributed by atoms with Crippen LogP contribution < -0.4 is 10.1 Å². The summed E-state index contributed by atoms with van der Waals surface area (Å²) in [5, 5.41) is 25.9. The fourth-order valence-electron chi connectivity index (χ4n) is 2.58. The quantitative estimate of drug-likeness (QED) is 0.662. The second-order valence-corrected chi connectivity index (χ2v) is 6.29. The Morgan fingerprint density at radius 3 is 2.77 bits per heavy atom. The van der Waals surface area contributed by atoms with Crippen LogP contribution in [0.1, 0.15) is 5.56 Å². The molecular weight excluding hydrogens is 354 g/mol. The number of aryl methyl sites for hydroxylation is 1. The van der Waals surface area contributed by atoms with E-state index in [1.807, 2.05) is 43.3 Å². The summed E-state index contributed by atoms with van der Waals surface area (Å²) in [6.07, 6.45) is -0.693. The van der Waals surface area contributed by atoms with Gasteiger partial charge in [-0.3, -0.25) is 0 Å². The molecule has 0 radical (unpaired) electrons. The first-order chi connectivity index (χ1) is 12.6. The summed E-state index contributed by atoms with van der Waals surface area (Å²) in [6, 6.07) is 13.3. The lowest BCUT2D eigenvalue weighted by molar-refractivity contribution is 0.161. The number of aliphatic hydroxyl groups is 1. The molecule has 3 aromatic rings. The molecule has 0 aliphatic rings. The van der Waals surface area contributed by atoms with Crippen molar-refractivity contribution in [3.63, 3.8) is 0 Å². The number of ether oxygens (including phenoxy) is 1. The van der Waals surface area contributed by atoms with Gasteiger partial charge in [0.05, 0.1) is 25.4 Å². The summed E-state index contributed by atoms with van der Waals surface area (Å²) >= 11 is 6.12. The summed E-state index contributed by atoms with van der Waals surface area (Å²) < 4.78 is 6.92. The first kappa shape index (κ1) is 18.2. The average molecular weight is 374 g/mol. The van der Waals surface area contributed by atoms with Crippen LogP contribution >= 0.6 is 11.6 Å². The Morgan fingerprint density at radius 1 is 1.27 bits per heavy atom. The van der Waals surface area contributed by atoms with E-state index in [0.29, 0.717) is 23.1 Å². The highest BCUT2D eigenvalue weighted by Crippen LogP contribution is 2.30. The molecule has 1 aromatic heterocycles. The van der Waals surface area contributed by atoms with E-state index in [4.69, 9.17) is 16.3 Å². The van der Waals surface area contributed by atoms with Gasteiger partial charge < -0.3 is 15.2 Å². The van der Waals surface area contributed by atoms with Gasteiger partial charge in [0, 0.05) is 23.2 Å². The first-order valence-electron chi connectivity index (χ1n) is 8.16. The van der Waals surface area contributed by atoms with Gasteiger partial charge in [-0.25, -0.2) is 4.68 Å². The zero-order chi connectivity index (χ0) is 18.5. The van der Waals surface area contributed by atoms with Crippen LogP contribution in [0.25, 0.3) is 11.4 Å². The number of rotatable bonds is 7. The second kappa shape index (κ2) is 8.16. The Hall–Kier alpha value is -2.64. The molecule has 2 aromatic carbocycles. The first-order valence-corrected chi connectivity index (χ1v) is 8.54. The summed E-state index contributed by atoms with van der Waals surface area (Å²) in [5.41, 5.74) is 2.59. The molecule has 2 N–H and O–H groups in total. The molecule has 0 spiro atoms. The minimum absolute atomic E-state index is 0.263. The number of halogens is 1. The maximum absolute atomic E-state index is 10.4. The molecule has 26 heavy (non-hydrogen) atoms. The van der Waals surface area contributed by atoms with Crippen LogP contribution in [0.5, 0.6) is 5.75 Å². The maximum atomic E-state index is 10.4. The van der Waals surface area contributed by atoms with Crippen molar-refractivity contribution >= 4 is 17.3 Å². The molecule has 0 bridgehead atoms. The van der Waals surface area contributed by atoms with Gasteiger partial charge in [0.25, 0.3) is 0 Å². The van der Waals surface area contributed by atoms with E-state index < -0.39 is 6.10 Å². The largest absolute Gasteiger partial charge is 0.495 e. The number of aliphatic hydroxyl groups excluding tert-OH is 1. The Kier molecular flexibility index (Phi) is 5.70. The van der Waals surface area contributed by atoms with E-state index in [2.05, 4.69) is 20.8 Å². The van der Waals surface area contributed by atoms with Crippen molar-refractivity contribution in [2.24, 2.45) is 0 Å². The number of nitrogens with zero attached hydrogens (tertiary/aromatic N) is 4. The molecule has 8 heteroatoms. The number of tetrazole rings is 1. The van der Waals surface area contributed by atoms with Crippen molar-refractivity contribution in [3.8, 4) is 17.1 Å². The van der Waals surface area contributed by atoms with E-state index >= 15 is 0 Å². The summed E-state index contributed by atoms with van der Waals surface area (Å²) in [6.45, 7) is 2.49. The third-order valence-corrected chi connectivity index (χ3v) is 4.36. The van der Waals surface area contributed by atoms with Crippen LogP contribution in [-0.4, -0.2) is 45.1 Å². The Balaban J connectivity index is 1.67. The number of anilines is 1. The maximum Gasteiger partial charge on any atom is 0.182 e. The third kappa shape index (κ3) is 4.12. The van der Waals surface area contributed by atoms with E-state index in [9.17, 15) is 5.11 Å². The molecule has 0 amide bonds. The minimum atomic E-state index is -0.693. The molecular formula is C18H20ClN5O2. The Labute approximate surface area is 156 Å². The van der Waals surface area contributed by atoms with E-state index in [0.717, 1.165) is 16.8 Å². The molecule has 0 aliphatic carbocycles. The minimum Gasteiger partial charge on any atom is -0.495 e. The topological polar surface area (TPSA) is 85.1 Å². The lowest BCUT2D eigenvalue weighted by atomic mass is 10.2. The number of methoxy groups -OCH3 is 1. The predicted molar refractivity (Wildman–Crippen MR) is 100 cm³/mol. The third-order valence-electron chi connectivity index (χ3n) is 3.96. The van der Waals surface area contributed by atoms with Crippen molar-refractivity contribution in [3.05, 3.63) is 53.1 Å². The van der Waals surface area contributed by atoms with Gasteiger partial charge in [0.15, 0.2) is 5.82 Å². The molecule has 0 fully saturated rings. The molecule has 1 heterocycles. The molecule has 3 rings (SSSR count). The standard InChI is InChI=1S/C18H20ClN5O2/c1-12-8-16(17(26-2)9-15(12)19)20-10-14(25)11-24-18(21-22-23-24)13-6-4-3-5-7-13/h3-9,14,20,25H,10-11H2,1-2H3. The van der Waals surface area contributed by atoms with Crippen LogP contribution in [0, 0.1) is 6.92 Å². The van der Waals surface area contributed by atoms with E-state index in [1.54, 1.807) is 17.9 Å². The van der Waals surface area contributed by atoms with E-state index in [-0.39, 0.29) is 6.54 Å². The summed E-state index contributed by atoms with van der Waals surface area (Å²) in [4.78, 5) is 0. The van der Waals surface area contributed by atoms with Gasteiger partial charge in [0.2, 0.25) is 0 Å². The van der Waals surface area contributed by atoms with Crippen molar-refractivity contribution < 1.29 is 9.84 Å². The number of hydrogen-bond donors (Lipinski definition) is 2. The Bertz CT molecular complexity index is 869. The van der Waals surface area contributed by atoms with Crippen LogP contribution in [-0.2, 0) is 6.54 Å². The van der Waals surface area contributed by atoms with Gasteiger partial charge in [0.1, 0.15) is 5.75 Å². The van der Waals surface area contributed by atoms with Gasteiger partial charge in [-0.15, -0.1) is 5.10 Å². The van der Waals surface area contributed by atoms with Crippen LogP contribution in [0.4, 0.5) is 5.69 Å². The van der Waals surface area contributed by atoms with Gasteiger partial charge in [-0.2, -0.15) is 0 Å². The van der Waals surface area contributed by atoms with Gasteiger partial charge in [-0.1, -0.05) is 41.9 Å². The Morgan fingerprint density at radius 2 is 2.04 bits per heavy atom. The lowest BCUT2D eigenvalue weighted by Gasteiger charge is -2.16. The zero-order valence-corrected chi connectivity index (χ0v) is 15.3. The fraction of sp³-hybridized carbons (Fsp3) is 0.278. The summed E-state index contributed by atoms with van der Waals surface area (Å²) in [7, 11) is 1.58. The zero-order valence-electron chi connectivity index (χ0n) is 14.6. The van der Waals surface area contributed by atoms with Crippen LogP contribution in [0.3, 0.4) is 0 Å². The van der Waals surface area contributed by atoms with Crippen molar-refractivity contribution in [2.75, 3.05) is 19.0 Å². The second-order valence-electron chi connectivity index (χ2n) is 5.89. The normalized spacial score (nSPS) is 12.0. The number of nitrogens with one attached hydrogen (secondary N) is 1. The van der Waals surface area contributed by atoms with Gasteiger partial charge >= 0.3 is 0 Å². The fourth-order valence-corrected chi connectivity index (χ4v) is 2.74. The van der Waals surface area contributed by atoms with Crippen molar-refractivity contribution in [1.82, 2.24) is 20.2 Å². The predicted octanol–water partition coefficient (Wildman–Crippen LogP) is 2.78. The SMILES string of the molecule is COc1cc(Cl)c(C)cc1NCC(O)Cn1nnnc1-c1ccccc1. The van der Waals surface area contributed by atoms with E-state index in [1.165, 1.54) is 0 Å². The number of benzene rings is 2. The average Bonchev–Trinajstić information content (AvgIpc) is 3.11. The lowest BCUT2D eigenvalue weighted by Crippen LogP contribution is -2.26. The van der Waals surface area contributed by atoms with Crippen molar-refractivity contribution in [2.45, 2.75) is 19.6 Å². The number of hydrogen-bond acceptors (Lipinski definition) is 6. The van der Waals surface area contributed by atoms with Crippen LogP contribution in [0.2, 0.25) is 5.02 Å². The highest BCUT2D eigenvalue weighted by atomic mass is 35.5. The monoisotopic (exact) mass is 373 g/mol. The molecule has 0 saturated carbocycles. The highest BCUT2D eigenvalue weighted by molar-refractivity contribution is 6.31. The number of aromatic nitrogens is 4. The van der Waals surface area contributed by atoms with Crippen LogP contribution in [0.15, 0.2) is 42.5 Å². The van der Waals surface area contributed by atoms with Crippen molar-refractivity contribution in [1.29, 1.82) is 0 Å². The molecule has 0 aliphatic heterocycles. The molecule has 1 unspecified atom stereocenters. The summed E-state index contributed by atoms with van der Waals surface area (Å²) in [5.74, 6) is 1.24. The molecule has 136 valence electrons. The molecule has 7 nitrogen and oxygen atoms in total. The molecule has 0 saturated heterocycles. The molecule has 1 atom stereocenters. The highest BCUT2D eigenvalue weighted by Gasteiger charge is 2.14. The van der Waals surface area contributed by atoms with Gasteiger partial charge in [-0.05, 0) is 29.0 Å². The smallest absolute Gasteiger partial charge is 0.182 e.